The molecule has 0 fully saturated rings. The summed E-state index contributed by atoms with van der Waals surface area (Å²) in [5.41, 5.74) is 11.0. The van der Waals surface area contributed by atoms with Gasteiger partial charge in [-0.1, -0.05) is 18.9 Å². The summed E-state index contributed by atoms with van der Waals surface area (Å²) in [6.45, 7) is 0.541. The summed E-state index contributed by atoms with van der Waals surface area (Å²) in [6.07, 6.45) is 2.73. The van der Waals surface area contributed by atoms with E-state index < -0.39 is 18.1 Å². The van der Waals surface area contributed by atoms with Crippen LogP contribution in [0.25, 0.3) is 0 Å². The highest BCUT2D eigenvalue weighted by Crippen LogP contribution is 2.13. The van der Waals surface area contributed by atoms with Crippen molar-refractivity contribution >= 4 is 11.9 Å². The van der Waals surface area contributed by atoms with E-state index in [2.05, 4.69) is 0 Å². The van der Waals surface area contributed by atoms with E-state index >= 15 is 0 Å². The summed E-state index contributed by atoms with van der Waals surface area (Å²) in [5.74, 6) is -3.64. The fourth-order valence-corrected chi connectivity index (χ4v) is 1.15. The van der Waals surface area contributed by atoms with Gasteiger partial charge >= 0.3 is 18.1 Å². The Kier molecular flexibility index (Phi) is 12.6. The molecule has 0 bridgehead atoms. The van der Waals surface area contributed by atoms with Gasteiger partial charge < -0.3 is 21.7 Å². The average molecular weight is 314 g/mol. The van der Waals surface area contributed by atoms with Gasteiger partial charge in [-0.15, -0.1) is 0 Å². The van der Waals surface area contributed by atoms with Crippen LogP contribution >= 0.6 is 0 Å². The molecule has 124 valence electrons. The summed E-state index contributed by atoms with van der Waals surface area (Å²) in [6, 6.07) is 0.115. The molecule has 0 radical (unpaired) electrons. The quantitative estimate of drug-likeness (QED) is 0.397. The highest BCUT2D eigenvalue weighted by Gasteiger charge is 2.38. The topological polar surface area (TPSA) is 127 Å². The first kappa shape index (κ1) is 21.7. The normalized spacial score (nSPS) is 12.6. The van der Waals surface area contributed by atoms with E-state index in [1.807, 2.05) is 0 Å². The minimum atomic E-state index is -5.08. The molecular formula is C12H21F3N2O4. The maximum absolute atomic E-state index is 10.6. The third-order valence-electron chi connectivity index (χ3n) is 2.25. The van der Waals surface area contributed by atoms with Crippen molar-refractivity contribution in [3.63, 3.8) is 0 Å². The second-order valence-corrected chi connectivity index (χ2v) is 4.18. The van der Waals surface area contributed by atoms with Crippen LogP contribution in [0.15, 0.2) is 12.2 Å². The number of carboxylic acids is 2. The molecule has 1 atom stereocenters. The van der Waals surface area contributed by atoms with Crippen LogP contribution in [0.4, 0.5) is 13.2 Å². The molecule has 9 heteroatoms. The molecule has 0 aromatic heterocycles. The largest absolute Gasteiger partial charge is 0.490 e. The number of alkyl halides is 3. The number of rotatable bonds is 8. The summed E-state index contributed by atoms with van der Waals surface area (Å²) < 4.78 is 31.7. The van der Waals surface area contributed by atoms with Crippen LogP contribution < -0.4 is 11.5 Å². The molecule has 0 aliphatic rings. The molecule has 6 N–H and O–H groups in total. The van der Waals surface area contributed by atoms with Crippen LogP contribution in [-0.4, -0.2) is 40.9 Å². The number of allylic oxidation sites excluding steroid dienone is 1. The molecule has 0 rings (SSSR count). The van der Waals surface area contributed by atoms with E-state index in [1.165, 1.54) is 6.08 Å². The first-order chi connectivity index (χ1) is 9.61. The van der Waals surface area contributed by atoms with Crippen molar-refractivity contribution in [1.82, 2.24) is 0 Å². The molecule has 0 spiro atoms. The summed E-state index contributed by atoms with van der Waals surface area (Å²) in [4.78, 5) is 19.0. The first-order valence-corrected chi connectivity index (χ1v) is 6.26. The van der Waals surface area contributed by atoms with Gasteiger partial charge in [0.1, 0.15) is 0 Å². The second-order valence-electron chi connectivity index (χ2n) is 4.18. The van der Waals surface area contributed by atoms with Crippen LogP contribution in [0.3, 0.4) is 0 Å². The maximum atomic E-state index is 10.6. The predicted molar refractivity (Wildman–Crippen MR) is 70.6 cm³/mol. The maximum Gasteiger partial charge on any atom is 0.490 e. The molecule has 6 nitrogen and oxygen atoms in total. The van der Waals surface area contributed by atoms with Crippen molar-refractivity contribution in [2.75, 3.05) is 6.54 Å². The van der Waals surface area contributed by atoms with Crippen molar-refractivity contribution in [1.29, 1.82) is 0 Å². The monoisotopic (exact) mass is 314 g/mol. The number of hydrogen-bond acceptors (Lipinski definition) is 4. The van der Waals surface area contributed by atoms with Crippen LogP contribution in [0, 0.1) is 0 Å². The van der Waals surface area contributed by atoms with Gasteiger partial charge in [-0.25, -0.2) is 9.59 Å². The van der Waals surface area contributed by atoms with Gasteiger partial charge in [0.05, 0.1) is 0 Å². The standard InChI is InChI=1S/C10H20N2O2.C2HF3O2/c11-8-9(12)6-4-2-1-3-5-7-10(13)14;3-2(4,5)1(6)7/h5,7,9H,1-4,6,8,11-12H2,(H,13,14);(H,6,7)/b7-5+;/t9-;/m1./s1. The van der Waals surface area contributed by atoms with Crippen LogP contribution in [0.1, 0.15) is 32.1 Å². The van der Waals surface area contributed by atoms with Crippen LogP contribution in [-0.2, 0) is 9.59 Å². The predicted octanol–water partition coefficient (Wildman–Crippen LogP) is 1.50. The van der Waals surface area contributed by atoms with Gasteiger partial charge in [-0.05, 0) is 19.3 Å². The Labute approximate surface area is 120 Å². The van der Waals surface area contributed by atoms with E-state index in [9.17, 15) is 18.0 Å². The Bertz CT molecular complexity index is 333. The van der Waals surface area contributed by atoms with Crippen LogP contribution in [0.5, 0.6) is 0 Å². The Morgan fingerprint density at radius 1 is 1.14 bits per heavy atom. The van der Waals surface area contributed by atoms with E-state index in [-0.39, 0.29) is 6.04 Å². The Morgan fingerprint density at radius 3 is 2.05 bits per heavy atom. The zero-order valence-electron chi connectivity index (χ0n) is 11.5. The summed E-state index contributed by atoms with van der Waals surface area (Å²) in [5, 5.41) is 15.4. The lowest BCUT2D eigenvalue weighted by Crippen LogP contribution is -2.29. The molecule has 0 heterocycles. The lowest BCUT2D eigenvalue weighted by Gasteiger charge is -2.06. The number of aliphatic carboxylic acids is 2. The zero-order valence-corrected chi connectivity index (χ0v) is 11.5. The Balaban J connectivity index is 0. The lowest BCUT2D eigenvalue weighted by molar-refractivity contribution is -0.192. The average Bonchev–Trinajstić information content (AvgIpc) is 2.36. The van der Waals surface area contributed by atoms with Gasteiger partial charge in [0.2, 0.25) is 0 Å². The number of unbranched alkanes of at least 4 members (excludes halogenated alkanes) is 3. The number of carbonyl (C=O) groups is 2. The minimum absolute atomic E-state index is 0.115. The zero-order chi connectivity index (χ0) is 16.9. The van der Waals surface area contributed by atoms with E-state index in [1.54, 1.807) is 6.08 Å². The molecule has 0 aliphatic carbocycles. The highest BCUT2D eigenvalue weighted by atomic mass is 19.4. The fourth-order valence-electron chi connectivity index (χ4n) is 1.15. The van der Waals surface area contributed by atoms with Gasteiger partial charge in [0.25, 0.3) is 0 Å². The molecule has 0 saturated carbocycles. The van der Waals surface area contributed by atoms with Crippen molar-refractivity contribution in [3.8, 4) is 0 Å². The van der Waals surface area contributed by atoms with Gasteiger partial charge in [-0.2, -0.15) is 13.2 Å². The van der Waals surface area contributed by atoms with Gasteiger partial charge in [0.15, 0.2) is 0 Å². The van der Waals surface area contributed by atoms with E-state index in [0.29, 0.717) is 6.54 Å². The molecule has 0 aromatic rings. The smallest absolute Gasteiger partial charge is 0.478 e. The number of halogens is 3. The van der Waals surface area contributed by atoms with E-state index in [4.69, 9.17) is 26.5 Å². The molecule has 0 amide bonds. The van der Waals surface area contributed by atoms with Crippen LogP contribution in [0.2, 0.25) is 0 Å². The van der Waals surface area contributed by atoms with Crippen molar-refractivity contribution < 1.29 is 33.0 Å². The van der Waals surface area contributed by atoms with Crippen molar-refractivity contribution in [3.05, 3.63) is 12.2 Å². The molecule has 21 heavy (non-hydrogen) atoms. The summed E-state index contributed by atoms with van der Waals surface area (Å²) in [7, 11) is 0. The third-order valence-corrected chi connectivity index (χ3v) is 2.25. The molecule has 0 unspecified atom stereocenters. The summed E-state index contributed by atoms with van der Waals surface area (Å²) >= 11 is 0. The van der Waals surface area contributed by atoms with E-state index in [0.717, 1.165) is 32.1 Å². The minimum Gasteiger partial charge on any atom is -0.478 e. The molecule has 0 aromatic carbocycles. The highest BCUT2D eigenvalue weighted by molar-refractivity contribution is 5.79. The number of hydrogen-bond donors (Lipinski definition) is 4. The second kappa shape index (κ2) is 12.2. The number of nitrogens with two attached hydrogens (primary N) is 2. The fraction of sp³-hybridized carbons (Fsp3) is 0.667. The molecule has 0 saturated heterocycles. The first-order valence-electron chi connectivity index (χ1n) is 6.26. The number of carboxylic acid groups (broad SMARTS) is 2. The van der Waals surface area contributed by atoms with Gasteiger partial charge in [-0.3, -0.25) is 0 Å². The lowest BCUT2D eigenvalue weighted by atomic mass is 10.1. The van der Waals surface area contributed by atoms with Crippen molar-refractivity contribution in [2.24, 2.45) is 11.5 Å². The Hall–Kier alpha value is -1.61. The van der Waals surface area contributed by atoms with Crippen molar-refractivity contribution in [2.45, 2.75) is 44.3 Å². The van der Waals surface area contributed by atoms with Gasteiger partial charge in [0, 0.05) is 18.7 Å². The Morgan fingerprint density at radius 2 is 1.67 bits per heavy atom. The molecular weight excluding hydrogens is 293 g/mol. The third kappa shape index (κ3) is 18.4. The SMILES string of the molecule is NC[C@H](N)CCCCC/C=C/C(=O)O.O=C(O)C(F)(F)F. The molecule has 0 aliphatic heterocycles.